The minimum absolute atomic E-state index is 0.0633. The highest BCUT2D eigenvalue weighted by molar-refractivity contribution is 5.94. The van der Waals surface area contributed by atoms with Gasteiger partial charge in [0.25, 0.3) is 5.91 Å². The molecule has 3 rings (SSSR count). The van der Waals surface area contributed by atoms with Crippen LogP contribution in [0.4, 0.5) is 0 Å². The highest BCUT2D eigenvalue weighted by Gasteiger charge is 2.26. The number of rotatable bonds is 7. The van der Waals surface area contributed by atoms with Crippen LogP contribution < -0.4 is 10.1 Å². The van der Waals surface area contributed by atoms with E-state index in [-0.39, 0.29) is 17.9 Å². The van der Waals surface area contributed by atoms with Crippen molar-refractivity contribution in [2.45, 2.75) is 59.6 Å². The summed E-state index contributed by atoms with van der Waals surface area (Å²) in [6.07, 6.45) is 2.38. The number of hydrogen-bond acceptors (Lipinski definition) is 3. The number of aryl methyl sites for hydroxylation is 2. The summed E-state index contributed by atoms with van der Waals surface area (Å²) in [6.45, 7) is 9.83. The molecule has 0 radical (unpaired) electrons. The Hall–Kier alpha value is -2.76. The summed E-state index contributed by atoms with van der Waals surface area (Å²) in [7, 11) is 0. The second kappa shape index (κ2) is 9.83. The van der Waals surface area contributed by atoms with Crippen molar-refractivity contribution in [3.63, 3.8) is 0 Å². The maximum absolute atomic E-state index is 12.7. The summed E-state index contributed by atoms with van der Waals surface area (Å²) in [5.41, 5.74) is 3.73. The van der Waals surface area contributed by atoms with E-state index in [4.69, 9.17) is 4.74 Å². The van der Waals surface area contributed by atoms with Crippen LogP contribution in [0.2, 0.25) is 0 Å². The predicted octanol–water partition coefficient (Wildman–Crippen LogP) is 3.98. The zero-order chi connectivity index (χ0) is 21.7. The fraction of sp³-hybridized carbons (Fsp3) is 0.500. The minimum atomic E-state index is 0.0633. The third-order valence-corrected chi connectivity index (χ3v) is 5.52. The number of piperidine rings is 1. The lowest BCUT2D eigenvalue weighted by molar-refractivity contribution is -0.122. The first-order valence-electron chi connectivity index (χ1n) is 10.8. The van der Waals surface area contributed by atoms with E-state index in [0.29, 0.717) is 37.7 Å². The Morgan fingerprint density at radius 1 is 1.17 bits per heavy atom. The highest BCUT2D eigenvalue weighted by Crippen LogP contribution is 2.23. The topological polar surface area (TPSA) is 74.4 Å². The summed E-state index contributed by atoms with van der Waals surface area (Å²) < 4.78 is 5.64. The Bertz CT molecular complexity index is 862. The number of benzene rings is 1. The van der Waals surface area contributed by atoms with Gasteiger partial charge in [-0.15, -0.1) is 0 Å². The molecule has 6 nitrogen and oxygen atoms in total. The molecule has 1 aromatic carbocycles. The predicted molar refractivity (Wildman–Crippen MR) is 118 cm³/mol. The molecule has 1 aromatic heterocycles. The van der Waals surface area contributed by atoms with Gasteiger partial charge >= 0.3 is 0 Å². The zero-order valence-corrected chi connectivity index (χ0v) is 18.5. The fourth-order valence-electron chi connectivity index (χ4n) is 3.94. The van der Waals surface area contributed by atoms with Crippen molar-refractivity contribution in [2.75, 3.05) is 13.1 Å². The Morgan fingerprint density at radius 2 is 1.83 bits per heavy atom. The van der Waals surface area contributed by atoms with Crippen molar-refractivity contribution in [1.82, 2.24) is 15.2 Å². The van der Waals surface area contributed by atoms with Crippen molar-refractivity contribution < 1.29 is 14.3 Å². The average molecular weight is 412 g/mol. The maximum atomic E-state index is 12.7. The van der Waals surface area contributed by atoms with Crippen LogP contribution in [0.25, 0.3) is 0 Å². The van der Waals surface area contributed by atoms with Crippen LogP contribution in [0.5, 0.6) is 5.75 Å². The number of likely N-dealkylation sites (tertiary alicyclic amines) is 1. The number of nitrogens with one attached hydrogen (secondary N) is 2. The van der Waals surface area contributed by atoms with Gasteiger partial charge < -0.3 is 19.9 Å². The smallest absolute Gasteiger partial charge is 0.270 e. The SMILES string of the molecule is Cc1cc(C)c(C(=O)N2CCC(CC(=O)NCc3ccc(OC(C)C)cc3)CC2)[nH]1. The monoisotopic (exact) mass is 411 g/mol. The van der Waals surface area contributed by atoms with E-state index >= 15 is 0 Å². The lowest BCUT2D eigenvalue weighted by Crippen LogP contribution is -2.40. The van der Waals surface area contributed by atoms with Crippen LogP contribution in [-0.2, 0) is 11.3 Å². The van der Waals surface area contributed by atoms with Crippen molar-refractivity contribution >= 4 is 11.8 Å². The number of aromatic amines is 1. The number of carbonyl (C=O) groups is 2. The number of hydrogen-bond donors (Lipinski definition) is 2. The largest absolute Gasteiger partial charge is 0.491 e. The van der Waals surface area contributed by atoms with Gasteiger partial charge in [0.15, 0.2) is 0 Å². The first-order valence-corrected chi connectivity index (χ1v) is 10.8. The minimum Gasteiger partial charge on any atom is -0.491 e. The van der Waals surface area contributed by atoms with Gasteiger partial charge in [0.1, 0.15) is 11.4 Å². The number of carbonyl (C=O) groups excluding carboxylic acids is 2. The number of ether oxygens (including phenoxy) is 1. The summed E-state index contributed by atoms with van der Waals surface area (Å²) in [5, 5.41) is 3.01. The molecule has 2 aromatic rings. The molecule has 2 heterocycles. The lowest BCUT2D eigenvalue weighted by Gasteiger charge is -2.31. The van der Waals surface area contributed by atoms with Crippen LogP contribution in [-0.4, -0.2) is 40.9 Å². The molecule has 0 bridgehead atoms. The number of nitrogens with zero attached hydrogens (tertiary/aromatic N) is 1. The van der Waals surface area contributed by atoms with Gasteiger partial charge in [-0.3, -0.25) is 9.59 Å². The quantitative estimate of drug-likeness (QED) is 0.724. The summed E-state index contributed by atoms with van der Waals surface area (Å²) in [5.74, 6) is 1.29. The number of H-pyrrole nitrogens is 1. The molecule has 30 heavy (non-hydrogen) atoms. The Kier molecular flexibility index (Phi) is 7.19. The molecule has 1 aliphatic rings. The molecule has 162 valence electrons. The Morgan fingerprint density at radius 3 is 2.40 bits per heavy atom. The van der Waals surface area contributed by atoms with Gasteiger partial charge in [-0.2, -0.15) is 0 Å². The van der Waals surface area contributed by atoms with Crippen LogP contribution in [0.3, 0.4) is 0 Å². The normalized spacial score (nSPS) is 14.8. The average Bonchev–Trinajstić information content (AvgIpc) is 3.05. The molecule has 2 amide bonds. The van der Waals surface area contributed by atoms with Gasteiger partial charge in [0, 0.05) is 31.7 Å². The van der Waals surface area contributed by atoms with Gasteiger partial charge in [-0.05, 0) is 75.8 Å². The Labute approximate surface area is 179 Å². The number of amides is 2. The van der Waals surface area contributed by atoms with Gasteiger partial charge in [0.2, 0.25) is 5.91 Å². The molecular formula is C24H33N3O3. The van der Waals surface area contributed by atoms with E-state index in [1.54, 1.807) is 0 Å². The molecule has 0 aliphatic carbocycles. The van der Waals surface area contributed by atoms with Crippen molar-refractivity contribution in [3.05, 3.63) is 52.8 Å². The lowest BCUT2D eigenvalue weighted by atomic mass is 9.93. The van der Waals surface area contributed by atoms with Crippen molar-refractivity contribution in [3.8, 4) is 5.75 Å². The standard InChI is InChI=1S/C24H33N3O3/c1-16(2)30-21-7-5-20(6-8-21)15-25-22(28)14-19-9-11-27(12-10-19)24(29)23-17(3)13-18(4)26-23/h5-8,13,16,19,26H,9-12,14-15H2,1-4H3,(H,25,28). The van der Waals surface area contributed by atoms with E-state index in [1.807, 2.05) is 62.9 Å². The summed E-state index contributed by atoms with van der Waals surface area (Å²) >= 11 is 0. The van der Waals surface area contributed by atoms with E-state index in [9.17, 15) is 9.59 Å². The Balaban J connectivity index is 1.41. The van der Waals surface area contributed by atoms with Crippen LogP contribution in [0.1, 0.15) is 60.4 Å². The van der Waals surface area contributed by atoms with Gasteiger partial charge in [0.05, 0.1) is 6.10 Å². The molecule has 0 unspecified atom stereocenters. The second-order valence-corrected chi connectivity index (χ2v) is 8.54. The van der Waals surface area contributed by atoms with E-state index in [2.05, 4.69) is 10.3 Å². The fourth-order valence-corrected chi connectivity index (χ4v) is 3.94. The van der Waals surface area contributed by atoms with E-state index < -0.39 is 0 Å². The second-order valence-electron chi connectivity index (χ2n) is 8.54. The first-order chi connectivity index (χ1) is 14.3. The molecule has 0 spiro atoms. The highest BCUT2D eigenvalue weighted by atomic mass is 16.5. The van der Waals surface area contributed by atoms with E-state index in [0.717, 1.165) is 35.4 Å². The molecule has 1 saturated heterocycles. The molecule has 0 atom stereocenters. The van der Waals surface area contributed by atoms with Crippen LogP contribution in [0, 0.1) is 19.8 Å². The van der Waals surface area contributed by atoms with Crippen LogP contribution in [0.15, 0.2) is 30.3 Å². The molecule has 6 heteroatoms. The van der Waals surface area contributed by atoms with Crippen molar-refractivity contribution in [2.24, 2.45) is 5.92 Å². The molecule has 1 fully saturated rings. The third kappa shape index (κ3) is 5.88. The summed E-state index contributed by atoms with van der Waals surface area (Å²) in [6, 6.07) is 9.82. The maximum Gasteiger partial charge on any atom is 0.270 e. The molecule has 0 saturated carbocycles. The summed E-state index contributed by atoms with van der Waals surface area (Å²) in [4.78, 5) is 30.1. The van der Waals surface area contributed by atoms with Crippen molar-refractivity contribution in [1.29, 1.82) is 0 Å². The molecule has 1 aliphatic heterocycles. The number of aromatic nitrogens is 1. The van der Waals surface area contributed by atoms with Gasteiger partial charge in [-0.25, -0.2) is 0 Å². The first kappa shape index (κ1) is 21.9. The van der Waals surface area contributed by atoms with Crippen LogP contribution >= 0.6 is 0 Å². The molecule has 2 N–H and O–H groups in total. The van der Waals surface area contributed by atoms with Gasteiger partial charge in [-0.1, -0.05) is 12.1 Å². The molecular weight excluding hydrogens is 378 g/mol. The van der Waals surface area contributed by atoms with E-state index in [1.165, 1.54) is 0 Å². The third-order valence-electron chi connectivity index (χ3n) is 5.52. The zero-order valence-electron chi connectivity index (χ0n) is 18.5.